The van der Waals surface area contributed by atoms with Crippen LogP contribution in [0.5, 0.6) is 0 Å². The number of amides is 1. The van der Waals surface area contributed by atoms with E-state index in [4.69, 9.17) is 0 Å². The van der Waals surface area contributed by atoms with Gasteiger partial charge in [-0.2, -0.15) is 5.10 Å². The third kappa shape index (κ3) is 3.64. The SMILES string of the molecule is Cc1cc(C(=O)NC(C)c2ccc3[nH]c(=O)[nH]c3c2)c2cnn(Cc3cccs3)c2n1. The number of hydrogen-bond acceptors (Lipinski definition) is 5. The molecule has 0 radical (unpaired) electrons. The minimum absolute atomic E-state index is 0.193. The topological polar surface area (TPSA) is 108 Å². The molecule has 1 unspecified atom stereocenters. The second-order valence-electron chi connectivity index (χ2n) is 7.51. The van der Waals surface area contributed by atoms with Gasteiger partial charge in [-0.15, -0.1) is 11.3 Å². The summed E-state index contributed by atoms with van der Waals surface area (Å²) in [7, 11) is 0. The highest BCUT2D eigenvalue weighted by Crippen LogP contribution is 2.22. The van der Waals surface area contributed by atoms with Crippen molar-refractivity contribution in [1.29, 1.82) is 0 Å². The predicted octanol–water partition coefficient (Wildman–Crippen LogP) is 3.51. The number of hydrogen-bond donors (Lipinski definition) is 3. The lowest BCUT2D eigenvalue weighted by molar-refractivity contribution is 0.0941. The second kappa shape index (κ2) is 7.51. The zero-order chi connectivity index (χ0) is 21.5. The summed E-state index contributed by atoms with van der Waals surface area (Å²) < 4.78 is 1.82. The number of benzene rings is 1. The Bertz CT molecular complexity index is 1460. The molecule has 1 amide bonds. The summed E-state index contributed by atoms with van der Waals surface area (Å²) in [6, 6.07) is 11.2. The molecule has 1 aromatic carbocycles. The molecule has 0 saturated carbocycles. The molecule has 0 saturated heterocycles. The minimum Gasteiger partial charge on any atom is -0.345 e. The molecule has 0 fully saturated rings. The lowest BCUT2D eigenvalue weighted by Gasteiger charge is -2.15. The van der Waals surface area contributed by atoms with Crippen LogP contribution in [-0.4, -0.2) is 30.6 Å². The first kappa shape index (κ1) is 19.3. The Labute approximate surface area is 181 Å². The van der Waals surface area contributed by atoms with Crippen LogP contribution in [0.15, 0.2) is 52.8 Å². The van der Waals surface area contributed by atoms with Crippen molar-refractivity contribution in [3.05, 3.63) is 80.2 Å². The van der Waals surface area contributed by atoms with Gasteiger partial charge in [0, 0.05) is 10.6 Å². The molecule has 4 aromatic heterocycles. The van der Waals surface area contributed by atoms with Gasteiger partial charge in [-0.05, 0) is 49.1 Å². The van der Waals surface area contributed by atoms with E-state index < -0.39 is 0 Å². The molecular formula is C22H20N6O2S. The van der Waals surface area contributed by atoms with E-state index in [2.05, 4.69) is 31.4 Å². The molecule has 0 bridgehead atoms. The number of H-pyrrole nitrogens is 2. The Morgan fingerprint density at radius 2 is 2.06 bits per heavy atom. The van der Waals surface area contributed by atoms with Crippen LogP contribution in [0.1, 0.15) is 39.5 Å². The van der Waals surface area contributed by atoms with Crippen molar-refractivity contribution in [3.63, 3.8) is 0 Å². The number of carbonyl (C=O) groups excluding carboxylic acids is 1. The fourth-order valence-corrected chi connectivity index (χ4v) is 4.39. The number of imidazole rings is 1. The maximum absolute atomic E-state index is 13.2. The minimum atomic E-state index is -0.252. The van der Waals surface area contributed by atoms with Crippen LogP contribution in [0.2, 0.25) is 0 Å². The van der Waals surface area contributed by atoms with Crippen molar-refractivity contribution in [2.75, 3.05) is 0 Å². The first-order chi connectivity index (χ1) is 15.0. The summed E-state index contributed by atoms with van der Waals surface area (Å²) in [6.07, 6.45) is 1.70. The molecule has 0 spiro atoms. The molecule has 1 atom stereocenters. The normalized spacial score (nSPS) is 12.5. The van der Waals surface area contributed by atoms with E-state index in [9.17, 15) is 9.59 Å². The maximum atomic E-state index is 13.2. The number of nitrogens with one attached hydrogen (secondary N) is 3. The van der Waals surface area contributed by atoms with Gasteiger partial charge in [0.1, 0.15) is 0 Å². The Hall–Kier alpha value is -3.72. The van der Waals surface area contributed by atoms with Crippen molar-refractivity contribution in [3.8, 4) is 0 Å². The van der Waals surface area contributed by atoms with Crippen molar-refractivity contribution in [1.82, 2.24) is 30.0 Å². The van der Waals surface area contributed by atoms with Crippen molar-refractivity contribution >= 4 is 39.3 Å². The van der Waals surface area contributed by atoms with Crippen LogP contribution in [0, 0.1) is 6.92 Å². The number of nitrogens with zero attached hydrogens (tertiary/aromatic N) is 3. The summed E-state index contributed by atoms with van der Waals surface area (Å²) in [5, 5.41) is 10.3. The number of pyridine rings is 1. The van der Waals surface area contributed by atoms with Gasteiger partial charge in [0.15, 0.2) is 5.65 Å². The lowest BCUT2D eigenvalue weighted by Crippen LogP contribution is -2.27. The van der Waals surface area contributed by atoms with E-state index in [-0.39, 0.29) is 17.6 Å². The Morgan fingerprint density at radius 3 is 2.87 bits per heavy atom. The average molecular weight is 433 g/mol. The van der Waals surface area contributed by atoms with Crippen LogP contribution in [0.25, 0.3) is 22.1 Å². The molecule has 3 N–H and O–H groups in total. The molecular weight excluding hydrogens is 412 g/mol. The summed E-state index contributed by atoms with van der Waals surface area (Å²) in [5.74, 6) is -0.193. The summed E-state index contributed by atoms with van der Waals surface area (Å²) >= 11 is 1.66. The zero-order valence-corrected chi connectivity index (χ0v) is 17.8. The summed E-state index contributed by atoms with van der Waals surface area (Å²) in [5.41, 5.74) is 4.08. The van der Waals surface area contributed by atoms with Gasteiger partial charge >= 0.3 is 5.69 Å². The quantitative estimate of drug-likeness (QED) is 0.395. The van der Waals surface area contributed by atoms with Gasteiger partial charge < -0.3 is 15.3 Å². The number of fused-ring (bicyclic) bond motifs is 2. The molecule has 0 aliphatic rings. The van der Waals surface area contributed by atoms with E-state index in [1.165, 1.54) is 4.88 Å². The number of thiophene rings is 1. The molecule has 156 valence electrons. The van der Waals surface area contributed by atoms with Gasteiger partial charge in [-0.25, -0.2) is 14.5 Å². The largest absolute Gasteiger partial charge is 0.345 e. The fourth-order valence-electron chi connectivity index (χ4n) is 3.70. The third-order valence-electron chi connectivity index (χ3n) is 5.26. The van der Waals surface area contributed by atoms with E-state index in [0.29, 0.717) is 23.3 Å². The van der Waals surface area contributed by atoms with Gasteiger partial charge in [0.25, 0.3) is 5.91 Å². The number of aromatic amines is 2. The molecule has 5 aromatic rings. The van der Waals surface area contributed by atoms with Crippen LogP contribution in [0.3, 0.4) is 0 Å². The van der Waals surface area contributed by atoms with Crippen LogP contribution < -0.4 is 11.0 Å². The Balaban J connectivity index is 1.44. The van der Waals surface area contributed by atoms with E-state index in [1.807, 2.05) is 48.2 Å². The molecule has 31 heavy (non-hydrogen) atoms. The molecule has 4 heterocycles. The van der Waals surface area contributed by atoms with Crippen molar-refractivity contribution in [2.24, 2.45) is 0 Å². The molecule has 5 rings (SSSR count). The third-order valence-corrected chi connectivity index (χ3v) is 6.12. The molecule has 0 aliphatic heterocycles. The number of carbonyl (C=O) groups is 1. The number of rotatable bonds is 5. The maximum Gasteiger partial charge on any atom is 0.323 e. The smallest absolute Gasteiger partial charge is 0.323 e. The highest BCUT2D eigenvalue weighted by molar-refractivity contribution is 7.09. The van der Waals surface area contributed by atoms with Crippen LogP contribution >= 0.6 is 11.3 Å². The van der Waals surface area contributed by atoms with Gasteiger partial charge in [0.05, 0.1) is 40.8 Å². The Morgan fingerprint density at radius 1 is 1.23 bits per heavy atom. The highest BCUT2D eigenvalue weighted by atomic mass is 32.1. The monoisotopic (exact) mass is 432 g/mol. The summed E-state index contributed by atoms with van der Waals surface area (Å²) in [6.45, 7) is 4.40. The van der Waals surface area contributed by atoms with E-state index in [0.717, 1.165) is 22.2 Å². The number of aryl methyl sites for hydroxylation is 1. The van der Waals surface area contributed by atoms with Crippen molar-refractivity contribution in [2.45, 2.75) is 26.4 Å². The zero-order valence-electron chi connectivity index (χ0n) is 17.0. The van der Waals surface area contributed by atoms with Gasteiger partial charge in [-0.3, -0.25) is 4.79 Å². The van der Waals surface area contributed by atoms with Crippen molar-refractivity contribution < 1.29 is 4.79 Å². The standard InChI is InChI=1S/C22H20N6O2S/c1-12-8-16(17-10-23-28(20(17)24-12)11-15-4-3-7-31-15)21(29)25-13(2)14-5-6-18-19(9-14)27-22(30)26-18/h3-10,13H,11H2,1-2H3,(H,25,29)(H2,26,27,30). The molecule has 0 aliphatic carbocycles. The predicted molar refractivity (Wildman–Crippen MR) is 120 cm³/mol. The first-order valence-corrected chi connectivity index (χ1v) is 10.7. The van der Waals surface area contributed by atoms with E-state index >= 15 is 0 Å². The van der Waals surface area contributed by atoms with Crippen LogP contribution in [0.4, 0.5) is 0 Å². The second-order valence-corrected chi connectivity index (χ2v) is 8.54. The Kier molecular flexibility index (Phi) is 4.67. The highest BCUT2D eigenvalue weighted by Gasteiger charge is 2.18. The molecule has 9 heteroatoms. The van der Waals surface area contributed by atoms with E-state index in [1.54, 1.807) is 23.6 Å². The van der Waals surface area contributed by atoms with Crippen LogP contribution in [-0.2, 0) is 6.54 Å². The average Bonchev–Trinajstić information content (AvgIpc) is 3.47. The number of aromatic nitrogens is 5. The van der Waals surface area contributed by atoms with Gasteiger partial charge in [0.2, 0.25) is 0 Å². The lowest BCUT2D eigenvalue weighted by atomic mass is 10.1. The fraction of sp³-hybridized carbons (Fsp3) is 0.182. The molecule has 8 nitrogen and oxygen atoms in total. The first-order valence-electron chi connectivity index (χ1n) is 9.86. The summed E-state index contributed by atoms with van der Waals surface area (Å²) in [4.78, 5) is 35.9. The van der Waals surface area contributed by atoms with Gasteiger partial charge in [-0.1, -0.05) is 12.1 Å².